The number of oxazole rings is 1. The molecule has 5 aromatic rings. The Kier molecular flexibility index (Phi) is 8.78. The van der Waals surface area contributed by atoms with Crippen LogP contribution in [0.15, 0.2) is 132 Å². The highest BCUT2D eigenvalue weighted by molar-refractivity contribution is 5.96. The highest BCUT2D eigenvalue weighted by atomic mass is 16.4. The monoisotopic (exact) mass is 582 g/mol. The average molecular weight is 583 g/mol. The normalized spacial score (nSPS) is 16.7. The third-order valence-electron chi connectivity index (χ3n) is 8.14. The summed E-state index contributed by atoms with van der Waals surface area (Å²) in [7, 11) is 0. The van der Waals surface area contributed by atoms with Crippen LogP contribution in [0.4, 0.5) is 0 Å². The van der Waals surface area contributed by atoms with Gasteiger partial charge in [-0.25, -0.2) is 9.78 Å². The third-order valence-corrected chi connectivity index (χ3v) is 8.14. The van der Waals surface area contributed by atoms with Crippen LogP contribution >= 0.6 is 0 Å². The molecule has 0 radical (unpaired) electrons. The van der Waals surface area contributed by atoms with Crippen molar-refractivity contribution < 1.29 is 19.1 Å². The van der Waals surface area contributed by atoms with E-state index >= 15 is 0 Å². The van der Waals surface area contributed by atoms with Gasteiger partial charge < -0.3 is 14.8 Å². The van der Waals surface area contributed by atoms with Crippen LogP contribution in [-0.4, -0.2) is 28.0 Å². The van der Waals surface area contributed by atoms with Crippen LogP contribution in [0.3, 0.4) is 0 Å². The minimum Gasteiger partial charge on any atom is -0.480 e. The summed E-state index contributed by atoms with van der Waals surface area (Å²) in [6.45, 7) is 0. The predicted molar refractivity (Wildman–Crippen MR) is 171 cm³/mol. The van der Waals surface area contributed by atoms with Gasteiger partial charge in [0.05, 0.1) is 0 Å². The number of carbonyl (C=O) groups excluding carboxylic acids is 1. The molecule has 0 saturated heterocycles. The lowest BCUT2D eigenvalue weighted by Crippen LogP contribution is -2.42. The van der Waals surface area contributed by atoms with Gasteiger partial charge in [0.25, 0.3) is 5.91 Å². The molecule has 44 heavy (non-hydrogen) atoms. The van der Waals surface area contributed by atoms with Crippen molar-refractivity contribution in [2.45, 2.75) is 37.6 Å². The quantitative estimate of drug-likeness (QED) is 0.164. The fourth-order valence-corrected chi connectivity index (χ4v) is 5.89. The van der Waals surface area contributed by atoms with E-state index in [1.807, 2.05) is 97.1 Å². The molecule has 1 aliphatic carbocycles. The highest BCUT2D eigenvalue weighted by Crippen LogP contribution is 2.41. The van der Waals surface area contributed by atoms with E-state index in [1.165, 1.54) is 0 Å². The molecule has 1 amide bonds. The topological polar surface area (TPSA) is 92.4 Å². The maximum Gasteiger partial charge on any atom is 0.326 e. The lowest BCUT2D eigenvalue weighted by atomic mass is 9.80. The van der Waals surface area contributed by atoms with Gasteiger partial charge in [0.15, 0.2) is 11.7 Å². The van der Waals surface area contributed by atoms with Gasteiger partial charge in [0.1, 0.15) is 11.7 Å². The van der Waals surface area contributed by atoms with Crippen LogP contribution in [0.1, 0.15) is 46.1 Å². The van der Waals surface area contributed by atoms with Crippen LogP contribution in [0.5, 0.6) is 0 Å². The molecular weight excluding hydrogens is 548 g/mol. The lowest BCUT2D eigenvalue weighted by molar-refractivity contribution is -0.139. The fraction of sp³-hybridized carbons (Fsp3) is 0.184. The molecule has 3 atom stereocenters. The van der Waals surface area contributed by atoms with Gasteiger partial charge >= 0.3 is 5.97 Å². The first-order valence-corrected chi connectivity index (χ1v) is 15.0. The summed E-state index contributed by atoms with van der Waals surface area (Å²) in [6.07, 6.45) is 7.18. The fourth-order valence-electron chi connectivity index (χ4n) is 5.89. The molecule has 6 nitrogen and oxygen atoms in total. The van der Waals surface area contributed by atoms with Crippen molar-refractivity contribution in [3.05, 3.63) is 150 Å². The van der Waals surface area contributed by atoms with Gasteiger partial charge in [-0.2, -0.15) is 0 Å². The van der Waals surface area contributed by atoms with Crippen molar-refractivity contribution in [1.82, 2.24) is 10.3 Å². The molecule has 2 N–H and O–H groups in total. The number of aliphatic carboxylic acids is 1. The summed E-state index contributed by atoms with van der Waals surface area (Å²) in [6, 6.07) is 35.9. The van der Waals surface area contributed by atoms with E-state index in [4.69, 9.17) is 9.40 Å². The van der Waals surface area contributed by atoms with Crippen molar-refractivity contribution in [3.63, 3.8) is 0 Å². The molecule has 0 spiro atoms. The van der Waals surface area contributed by atoms with Crippen LogP contribution in [0.2, 0.25) is 0 Å². The summed E-state index contributed by atoms with van der Waals surface area (Å²) in [4.78, 5) is 30.2. The second-order valence-electron chi connectivity index (χ2n) is 11.2. The SMILES string of the molecule is O=C(N[C@@H](Cc1ccccc1)C(=O)O)c1cccc(CC2C=CCCC2c2nc(-c3ccccc3)c(-c3ccccc3)o2)c1. The number of amides is 1. The van der Waals surface area contributed by atoms with Crippen molar-refractivity contribution in [2.24, 2.45) is 5.92 Å². The molecule has 0 bridgehead atoms. The Labute approximate surface area is 257 Å². The Morgan fingerprint density at radius 1 is 0.841 bits per heavy atom. The molecule has 2 unspecified atom stereocenters. The van der Waals surface area contributed by atoms with Gasteiger partial charge in [-0.3, -0.25) is 4.79 Å². The van der Waals surface area contributed by atoms with Gasteiger partial charge in [-0.05, 0) is 48.4 Å². The highest BCUT2D eigenvalue weighted by Gasteiger charge is 2.30. The molecular formula is C38H34N2O4. The minimum absolute atomic E-state index is 0.0691. The maximum absolute atomic E-state index is 13.2. The van der Waals surface area contributed by atoms with E-state index < -0.39 is 17.9 Å². The molecule has 1 heterocycles. The Balaban J connectivity index is 1.23. The first-order valence-electron chi connectivity index (χ1n) is 15.0. The summed E-state index contributed by atoms with van der Waals surface area (Å²) >= 11 is 0. The van der Waals surface area contributed by atoms with Gasteiger partial charge in [-0.1, -0.05) is 115 Å². The zero-order valence-electron chi connectivity index (χ0n) is 24.3. The maximum atomic E-state index is 13.2. The summed E-state index contributed by atoms with van der Waals surface area (Å²) in [5.41, 5.74) is 5.11. The van der Waals surface area contributed by atoms with Crippen molar-refractivity contribution in [2.75, 3.05) is 0 Å². The first kappa shape index (κ1) is 28.9. The molecule has 4 aromatic carbocycles. The molecule has 0 saturated carbocycles. The number of hydrogen-bond acceptors (Lipinski definition) is 4. The zero-order chi connectivity index (χ0) is 30.3. The third kappa shape index (κ3) is 6.70. The number of carbonyl (C=O) groups is 2. The molecule has 6 rings (SSSR count). The molecule has 1 aromatic heterocycles. The number of benzene rings is 4. The van der Waals surface area contributed by atoms with E-state index in [0.717, 1.165) is 52.4 Å². The van der Waals surface area contributed by atoms with E-state index in [9.17, 15) is 14.7 Å². The van der Waals surface area contributed by atoms with Crippen LogP contribution < -0.4 is 5.32 Å². The number of hydrogen-bond donors (Lipinski definition) is 2. The van der Waals surface area contributed by atoms with Gasteiger partial charge in [-0.15, -0.1) is 0 Å². The van der Waals surface area contributed by atoms with Crippen molar-refractivity contribution in [3.8, 4) is 22.6 Å². The number of rotatable bonds is 10. The van der Waals surface area contributed by atoms with Gasteiger partial charge in [0.2, 0.25) is 0 Å². The standard InChI is InChI=1S/C38H34N2O4/c41-36(39-33(38(42)43)25-26-13-4-1-5-14-26)31-21-12-15-27(24-31)23-30-20-10-11-22-32(30)37-40-34(28-16-6-2-7-17-28)35(44-37)29-18-8-3-9-19-29/h1-10,12-21,24,30,32-33H,11,22-23,25H2,(H,39,41)(H,42,43)/t30?,32?,33-/m0/s1. The molecule has 6 heteroatoms. The Hall–Kier alpha value is -5.23. The van der Waals surface area contributed by atoms with Crippen LogP contribution in [0.25, 0.3) is 22.6 Å². The van der Waals surface area contributed by atoms with Crippen LogP contribution in [0, 0.1) is 5.92 Å². The second kappa shape index (κ2) is 13.4. The largest absolute Gasteiger partial charge is 0.480 e. The number of carboxylic acids is 1. The smallest absolute Gasteiger partial charge is 0.326 e. The summed E-state index contributed by atoms with van der Waals surface area (Å²) < 4.78 is 6.57. The number of nitrogens with one attached hydrogen (secondary N) is 1. The number of allylic oxidation sites excluding steroid dienone is 2. The molecule has 0 aliphatic heterocycles. The van der Waals surface area contributed by atoms with E-state index in [0.29, 0.717) is 12.0 Å². The number of aromatic nitrogens is 1. The molecule has 0 fully saturated rings. The zero-order valence-corrected chi connectivity index (χ0v) is 24.3. The summed E-state index contributed by atoms with van der Waals surface area (Å²) in [5.74, 6) is 0.207. The Morgan fingerprint density at radius 3 is 2.20 bits per heavy atom. The van der Waals surface area contributed by atoms with E-state index in [2.05, 4.69) is 29.6 Å². The predicted octanol–water partition coefficient (Wildman–Crippen LogP) is 7.73. The molecule has 1 aliphatic rings. The van der Waals surface area contributed by atoms with Crippen LogP contribution in [-0.2, 0) is 17.6 Å². The first-order chi connectivity index (χ1) is 21.5. The van der Waals surface area contributed by atoms with Crippen molar-refractivity contribution >= 4 is 11.9 Å². The van der Waals surface area contributed by atoms with E-state index in [-0.39, 0.29) is 18.3 Å². The van der Waals surface area contributed by atoms with E-state index in [1.54, 1.807) is 6.07 Å². The van der Waals surface area contributed by atoms with Gasteiger partial charge in [0, 0.05) is 29.0 Å². The number of nitrogens with zero attached hydrogens (tertiary/aromatic N) is 1. The molecule has 220 valence electrons. The van der Waals surface area contributed by atoms with Crippen molar-refractivity contribution in [1.29, 1.82) is 0 Å². The summed E-state index contributed by atoms with van der Waals surface area (Å²) in [5, 5.41) is 12.5. The average Bonchev–Trinajstić information content (AvgIpc) is 3.52. The minimum atomic E-state index is -1.07. The number of carboxylic acid groups (broad SMARTS) is 1. The second-order valence-corrected chi connectivity index (χ2v) is 11.2. The Morgan fingerprint density at radius 2 is 1.50 bits per heavy atom. The lowest BCUT2D eigenvalue weighted by Gasteiger charge is -2.25. The Bertz CT molecular complexity index is 1690.